The van der Waals surface area contributed by atoms with Gasteiger partial charge < -0.3 is 4.74 Å². The van der Waals surface area contributed by atoms with Crippen LogP contribution in [0.5, 0.6) is 0 Å². The number of piperazine rings is 1. The summed E-state index contributed by atoms with van der Waals surface area (Å²) >= 11 is 0. The summed E-state index contributed by atoms with van der Waals surface area (Å²) in [5.74, 6) is 0. The number of morpholine rings is 1. The first kappa shape index (κ1) is 17.5. The lowest BCUT2D eigenvalue weighted by atomic mass is 10.1. The van der Waals surface area contributed by atoms with Gasteiger partial charge in [0, 0.05) is 38.8 Å². The van der Waals surface area contributed by atoms with Crippen molar-refractivity contribution in [2.75, 3.05) is 45.9 Å². The smallest absolute Gasteiger partial charge is 0.378 e. The molecule has 0 aliphatic carbocycles. The molecule has 2 aliphatic rings. The molecule has 3 nitrogen and oxygen atoms in total. The minimum absolute atomic E-state index is 0.439. The van der Waals surface area contributed by atoms with E-state index in [4.69, 9.17) is 4.74 Å². The highest BCUT2D eigenvalue weighted by molar-refractivity contribution is 5.54. The third-order valence-electron chi connectivity index (χ3n) is 4.62. The number of halogens is 3. The molecule has 6 heteroatoms. The average molecular weight is 340 g/mol. The van der Waals surface area contributed by atoms with Gasteiger partial charge in [-0.2, -0.15) is 13.2 Å². The second kappa shape index (κ2) is 7.25. The summed E-state index contributed by atoms with van der Waals surface area (Å²) < 4.78 is 43.9. The molecule has 1 atom stereocenters. The van der Waals surface area contributed by atoms with Crippen LogP contribution in [0.4, 0.5) is 13.2 Å². The van der Waals surface area contributed by atoms with Crippen LogP contribution >= 0.6 is 0 Å². The molecule has 132 valence electrons. The molecule has 2 saturated heterocycles. The second-order valence-corrected chi connectivity index (χ2v) is 6.61. The third-order valence-corrected chi connectivity index (χ3v) is 4.62. The fourth-order valence-electron chi connectivity index (χ4n) is 3.44. The van der Waals surface area contributed by atoms with Gasteiger partial charge in [-0.15, -0.1) is 0 Å². The van der Waals surface area contributed by atoms with Gasteiger partial charge in [0.1, 0.15) is 0 Å². The van der Waals surface area contributed by atoms with Crippen molar-refractivity contribution in [2.45, 2.75) is 19.1 Å². The molecule has 0 spiro atoms. The van der Waals surface area contributed by atoms with Crippen LogP contribution in [0.1, 0.15) is 18.1 Å². The summed E-state index contributed by atoms with van der Waals surface area (Å²) in [6.45, 7) is 8.31. The maximum atomic E-state index is 12.8. The summed E-state index contributed by atoms with van der Waals surface area (Å²) in [5, 5.41) is 0. The molecule has 0 amide bonds. The van der Waals surface area contributed by atoms with Crippen molar-refractivity contribution in [3.63, 3.8) is 0 Å². The van der Waals surface area contributed by atoms with E-state index in [0.29, 0.717) is 11.6 Å². The van der Waals surface area contributed by atoms with Crippen LogP contribution in [0.25, 0.3) is 6.08 Å². The van der Waals surface area contributed by atoms with Gasteiger partial charge in [-0.1, -0.05) is 23.8 Å². The van der Waals surface area contributed by atoms with E-state index in [1.54, 1.807) is 6.07 Å². The number of nitrogens with zero attached hydrogens (tertiary/aromatic N) is 2. The van der Waals surface area contributed by atoms with Gasteiger partial charge >= 0.3 is 6.18 Å². The monoisotopic (exact) mass is 340 g/mol. The van der Waals surface area contributed by atoms with Crippen molar-refractivity contribution < 1.29 is 17.9 Å². The van der Waals surface area contributed by atoms with Crippen LogP contribution in [0, 0.1) is 0 Å². The number of rotatable bonds is 3. The molecular weight excluding hydrogens is 317 g/mol. The first-order valence-electron chi connectivity index (χ1n) is 8.30. The van der Waals surface area contributed by atoms with Gasteiger partial charge in [-0.3, -0.25) is 9.80 Å². The number of fused-ring (bicyclic) bond motifs is 1. The Hall–Kier alpha value is -1.37. The first-order valence-corrected chi connectivity index (χ1v) is 8.30. The number of hydrogen-bond donors (Lipinski definition) is 0. The minimum Gasteiger partial charge on any atom is -0.378 e. The SMILES string of the molecule is CC(=Cc1cccc(C(F)(F)F)c1)CN1CCN2CCOCC2C1. The summed E-state index contributed by atoms with van der Waals surface area (Å²) in [7, 11) is 0. The lowest BCUT2D eigenvalue weighted by Gasteiger charge is -2.43. The molecule has 2 aliphatic heterocycles. The fraction of sp³-hybridized carbons (Fsp3) is 0.556. The molecule has 2 fully saturated rings. The van der Waals surface area contributed by atoms with Crippen molar-refractivity contribution in [2.24, 2.45) is 0 Å². The van der Waals surface area contributed by atoms with Crippen LogP contribution < -0.4 is 0 Å². The van der Waals surface area contributed by atoms with Crippen LogP contribution in [0.2, 0.25) is 0 Å². The van der Waals surface area contributed by atoms with Gasteiger partial charge in [0.2, 0.25) is 0 Å². The molecule has 1 aromatic carbocycles. The predicted molar refractivity (Wildman–Crippen MR) is 87.7 cm³/mol. The molecule has 2 heterocycles. The number of ether oxygens (including phenoxy) is 1. The Bertz CT molecular complexity index is 600. The first-order chi connectivity index (χ1) is 11.4. The lowest BCUT2D eigenvalue weighted by molar-refractivity contribution is -0.137. The van der Waals surface area contributed by atoms with Crippen LogP contribution in [-0.4, -0.2) is 61.8 Å². The molecule has 3 rings (SSSR count). The van der Waals surface area contributed by atoms with Gasteiger partial charge in [-0.05, 0) is 24.6 Å². The van der Waals surface area contributed by atoms with Crippen LogP contribution in [-0.2, 0) is 10.9 Å². The average Bonchev–Trinajstić information content (AvgIpc) is 2.54. The molecule has 0 bridgehead atoms. The Morgan fingerprint density at radius 3 is 2.92 bits per heavy atom. The fourth-order valence-corrected chi connectivity index (χ4v) is 3.44. The van der Waals surface area contributed by atoms with Crippen molar-refractivity contribution >= 4 is 6.08 Å². The van der Waals surface area contributed by atoms with E-state index in [1.807, 2.05) is 13.0 Å². The van der Waals surface area contributed by atoms with E-state index >= 15 is 0 Å². The maximum absolute atomic E-state index is 12.8. The van der Waals surface area contributed by atoms with Crippen molar-refractivity contribution in [3.05, 3.63) is 41.0 Å². The minimum atomic E-state index is -4.30. The predicted octanol–water partition coefficient (Wildman–Crippen LogP) is 3.13. The highest BCUT2D eigenvalue weighted by Crippen LogP contribution is 2.30. The zero-order valence-corrected chi connectivity index (χ0v) is 13.9. The van der Waals surface area contributed by atoms with Crippen molar-refractivity contribution in [3.8, 4) is 0 Å². The standard InChI is InChI=1S/C18H23F3N2O/c1-14(9-15-3-2-4-16(10-15)18(19,20)21)11-22-5-6-23-7-8-24-13-17(23)12-22/h2-4,9-10,17H,5-8,11-13H2,1H3. The van der Waals surface area contributed by atoms with Crippen LogP contribution in [0.15, 0.2) is 29.8 Å². The third kappa shape index (κ3) is 4.37. The van der Waals surface area contributed by atoms with E-state index in [1.165, 1.54) is 12.1 Å². The van der Waals surface area contributed by atoms with Gasteiger partial charge in [0.15, 0.2) is 0 Å². The normalized spacial score (nSPS) is 24.0. The van der Waals surface area contributed by atoms with Gasteiger partial charge in [0.05, 0.1) is 18.8 Å². The van der Waals surface area contributed by atoms with E-state index in [-0.39, 0.29) is 0 Å². The Morgan fingerprint density at radius 1 is 1.29 bits per heavy atom. The number of alkyl halides is 3. The Kier molecular flexibility index (Phi) is 5.27. The molecule has 1 unspecified atom stereocenters. The summed E-state index contributed by atoms with van der Waals surface area (Å²) in [4.78, 5) is 4.82. The topological polar surface area (TPSA) is 15.7 Å². The largest absolute Gasteiger partial charge is 0.416 e. The zero-order chi connectivity index (χ0) is 17.2. The van der Waals surface area contributed by atoms with E-state index < -0.39 is 11.7 Å². The van der Waals surface area contributed by atoms with Gasteiger partial charge in [-0.25, -0.2) is 0 Å². The molecule has 0 N–H and O–H groups in total. The highest BCUT2D eigenvalue weighted by Gasteiger charge is 2.30. The second-order valence-electron chi connectivity index (χ2n) is 6.61. The Morgan fingerprint density at radius 2 is 2.12 bits per heavy atom. The summed E-state index contributed by atoms with van der Waals surface area (Å²) in [5.41, 5.74) is 1.07. The molecule has 0 saturated carbocycles. The summed E-state index contributed by atoms with van der Waals surface area (Å²) in [6.07, 6.45) is -2.45. The van der Waals surface area contributed by atoms with Crippen LogP contribution in [0.3, 0.4) is 0 Å². The molecule has 0 aromatic heterocycles. The van der Waals surface area contributed by atoms with Crippen molar-refractivity contribution in [1.29, 1.82) is 0 Å². The van der Waals surface area contributed by atoms with E-state index in [2.05, 4.69) is 9.80 Å². The van der Waals surface area contributed by atoms with Crippen molar-refractivity contribution in [1.82, 2.24) is 9.80 Å². The quantitative estimate of drug-likeness (QED) is 0.841. The summed E-state index contributed by atoms with van der Waals surface area (Å²) in [6, 6.07) is 5.92. The Labute approximate surface area is 140 Å². The molecule has 1 aromatic rings. The molecule has 0 radical (unpaired) electrons. The highest BCUT2D eigenvalue weighted by atomic mass is 19.4. The number of hydrogen-bond acceptors (Lipinski definition) is 3. The Balaban J connectivity index is 1.62. The maximum Gasteiger partial charge on any atom is 0.416 e. The van der Waals surface area contributed by atoms with E-state index in [0.717, 1.165) is 57.6 Å². The molecule has 24 heavy (non-hydrogen) atoms. The number of benzene rings is 1. The zero-order valence-electron chi connectivity index (χ0n) is 13.9. The lowest BCUT2D eigenvalue weighted by Crippen LogP contribution is -2.58. The molecular formula is C18H23F3N2O. The van der Waals surface area contributed by atoms with E-state index in [9.17, 15) is 13.2 Å². The van der Waals surface area contributed by atoms with Gasteiger partial charge in [0.25, 0.3) is 0 Å².